The molecule has 102 valence electrons. The third-order valence-electron chi connectivity index (χ3n) is 2.80. The van der Waals surface area contributed by atoms with Crippen molar-refractivity contribution in [3.05, 3.63) is 45.5 Å². The number of rotatable bonds is 5. The Bertz CT molecular complexity index is 557. The van der Waals surface area contributed by atoms with E-state index in [-0.39, 0.29) is 0 Å². The van der Waals surface area contributed by atoms with Crippen molar-refractivity contribution >= 4 is 23.2 Å². The van der Waals surface area contributed by atoms with Crippen molar-refractivity contribution < 1.29 is 4.52 Å². The summed E-state index contributed by atoms with van der Waals surface area (Å²) >= 11 is 12.0. The Hall–Kier alpha value is -1.10. The van der Waals surface area contributed by atoms with Crippen LogP contribution in [-0.2, 0) is 12.8 Å². The fourth-order valence-corrected chi connectivity index (χ4v) is 2.14. The van der Waals surface area contributed by atoms with Crippen molar-refractivity contribution in [1.82, 2.24) is 10.1 Å². The lowest BCUT2D eigenvalue weighted by Gasteiger charge is -2.02. The molecule has 0 radical (unpaired) electrons. The zero-order valence-electron chi connectivity index (χ0n) is 10.6. The number of halogens is 2. The number of hydrogen-bond donors (Lipinski definition) is 1. The molecule has 0 aliphatic rings. The molecule has 6 heteroatoms. The number of nitrogens with two attached hydrogens (primary N) is 1. The minimum atomic E-state index is 0.326. The first-order valence-electron chi connectivity index (χ1n) is 6.04. The average molecular weight is 300 g/mol. The molecule has 0 aliphatic heterocycles. The molecule has 1 aromatic carbocycles. The second-order valence-corrected chi connectivity index (χ2v) is 5.41. The molecule has 1 aromatic heterocycles. The third-order valence-corrected chi connectivity index (χ3v) is 3.39. The molecule has 1 atom stereocenters. The molecule has 0 aliphatic carbocycles. The summed E-state index contributed by atoms with van der Waals surface area (Å²) < 4.78 is 5.19. The van der Waals surface area contributed by atoms with Crippen molar-refractivity contribution in [2.45, 2.75) is 19.8 Å². The van der Waals surface area contributed by atoms with Crippen LogP contribution in [0.1, 0.15) is 24.2 Å². The summed E-state index contributed by atoms with van der Waals surface area (Å²) in [6, 6.07) is 5.36. The summed E-state index contributed by atoms with van der Waals surface area (Å²) in [5.41, 5.74) is 6.49. The van der Waals surface area contributed by atoms with Gasteiger partial charge in [0.05, 0.1) is 0 Å². The van der Waals surface area contributed by atoms with E-state index in [2.05, 4.69) is 10.1 Å². The maximum absolute atomic E-state index is 6.11. The van der Waals surface area contributed by atoms with Gasteiger partial charge in [-0.1, -0.05) is 41.3 Å². The van der Waals surface area contributed by atoms with E-state index >= 15 is 0 Å². The van der Waals surface area contributed by atoms with Crippen LogP contribution in [-0.4, -0.2) is 16.7 Å². The molecule has 2 rings (SSSR count). The van der Waals surface area contributed by atoms with Gasteiger partial charge in [-0.15, -0.1) is 0 Å². The standard InChI is InChI=1S/C13H15Cl2N3O/c1-8(7-16)4-13-17-12(18-19-13)5-9-2-3-10(14)6-11(9)15/h2-3,6,8H,4-5,7,16H2,1H3. The average Bonchev–Trinajstić information content (AvgIpc) is 2.80. The highest BCUT2D eigenvalue weighted by Gasteiger charge is 2.11. The van der Waals surface area contributed by atoms with E-state index < -0.39 is 0 Å². The van der Waals surface area contributed by atoms with Crippen molar-refractivity contribution in [3.63, 3.8) is 0 Å². The quantitative estimate of drug-likeness (QED) is 0.921. The van der Waals surface area contributed by atoms with Gasteiger partial charge in [0.15, 0.2) is 5.82 Å². The predicted molar refractivity (Wildman–Crippen MR) is 75.5 cm³/mol. The van der Waals surface area contributed by atoms with E-state index in [0.717, 1.165) is 5.56 Å². The lowest BCUT2D eigenvalue weighted by molar-refractivity contribution is 0.356. The van der Waals surface area contributed by atoms with Gasteiger partial charge in [-0.05, 0) is 30.2 Å². The SMILES string of the molecule is CC(CN)Cc1nc(Cc2ccc(Cl)cc2Cl)no1. The summed E-state index contributed by atoms with van der Waals surface area (Å²) in [6.07, 6.45) is 1.22. The fraction of sp³-hybridized carbons (Fsp3) is 0.385. The summed E-state index contributed by atoms with van der Waals surface area (Å²) in [7, 11) is 0. The summed E-state index contributed by atoms with van der Waals surface area (Å²) in [5, 5.41) is 5.16. The Labute approximate surface area is 121 Å². The highest BCUT2D eigenvalue weighted by molar-refractivity contribution is 6.35. The molecular weight excluding hydrogens is 285 g/mol. The van der Waals surface area contributed by atoms with Crippen molar-refractivity contribution in [3.8, 4) is 0 Å². The molecular formula is C13H15Cl2N3O. The van der Waals surface area contributed by atoms with Gasteiger partial charge in [-0.2, -0.15) is 4.98 Å². The Balaban J connectivity index is 2.07. The molecule has 0 saturated heterocycles. The zero-order chi connectivity index (χ0) is 13.8. The Morgan fingerprint density at radius 3 is 2.84 bits per heavy atom. The van der Waals surface area contributed by atoms with E-state index in [1.807, 2.05) is 13.0 Å². The Morgan fingerprint density at radius 1 is 1.37 bits per heavy atom. The normalized spacial score (nSPS) is 12.6. The van der Waals surface area contributed by atoms with E-state index in [4.69, 9.17) is 33.5 Å². The summed E-state index contributed by atoms with van der Waals surface area (Å²) in [6.45, 7) is 2.64. The van der Waals surface area contributed by atoms with Gasteiger partial charge in [-0.25, -0.2) is 0 Å². The van der Waals surface area contributed by atoms with E-state index in [0.29, 0.717) is 47.1 Å². The molecule has 0 spiro atoms. The molecule has 0 amide bonds. The highest BCUT2D eigenvalue weighted by Crippen LogP contribution is 2.22. The van der Waals surface area contributed by atoms with E-state index in [1.165, 1.54) is 0 Å². The minimum absolute atomic E-state index is 0.326. The number of benzene rings is 1. The van der Waals surface area contributed by atoms with Crippen LogP contribution in [0.15, 0.2) is 22.7 Å². The molecule has 1 unspecified atom stereocenters. The van der Waals surface area contributed by atoms with Crippen LogP contribution >= 0.6 is 23.2 Å². The van der Waals surface area contributed by atoms with Crippen molar-refractivity contribution in [2.24, 2.45) is 11.7 Å². The van der Waals surface area contributed by atoms with Crippen LogP contribution in [0.4, 0.5) is 0 Å². The Kier molecular flexibility index (Phi) is 4.80. The van der Waals surface area contributed by atoms with Crippen LogP contribution in [0, 0.1) is 5.92 Å². The number of nitrogens with zero attached hydrogens (tertiary/aromatic N) is 2. The lowest BCUT2D eigenvalue weighted by Crippen LogP contribution is -2.13. The van der Waals surface area contributed by atoms with Gasteiger partial charge in [0.1, 0.15) is 0 Å². The maximum atomic E-state index is 6.11. The topological polar surface area (TPSA) is 64.9 Å². The van der Waals surface area contributed by atoms with Gasteiger partial charge in [0.2, 0.25) is 5.89 Å². The van der Waals surface area contributed by atoms with E-state index in [9.17, 15) is 0 Å². The second-order valence-electron chi connectivity index (χ2n) is 4.56. The van der Waals surface area contributed by atoms with Crippen LogP contribution in [0.25, 0.3) is 0 Å². The first-order valence-corrected chi connectivity index (χ1v) is 6.79. The van der Waals surface area contributed by atoms with Gasteiger partial charge < -0.3 is 10.3 Å². The zero-order valence-corrected chi connectivity index (χ0v) is 12.1. The largest absolute Gasteiger partial charge is 0.339 e. The third kappa shape index (κ3) is 3.93. The fourth-order valence-electron chi connectivity index (χ4n) is 1.66. The smallest absolute Gasteiger partial charge is 0.226 e. The molecule has 0 bridgehead atoms. The maximum Gasteiger partial charge on any atom is 0.226 e. The van der Waals surface area contributed by atoms with Crippen LogP contribution in [0.2, 0.25) is 10.0 Å². The molecule has 1 heterocycles. The summed E-state index contributed by atoms with van der Waals surface area (Å²) in [5.74, 6) is 1.55. The molecule has 2 aromatic rings. The molecule has 2 N–H and O–H groups in total. The number of aromatic nitrogens is 2. The van der Waals surface area contributed by atoms with Crippen LogP contribution in [0.5, 0.6) is 0 Å². The van der Waals surface area contributed by atoms with Gasteiger partial charge in [0, 0.05) is 22.9 Å². The van der Waals surface area contributed by atoms with Gasteiger partial charge in [0.25, 0.3) is 0 Å². The van der Waals surface area contributed by atoms with Gasteiger partial charge in [-0.3, -0.25) is 0 Å². The first-order chi connectivity index (χ1) is 9.08. The van der Waals surface area contributed by atoms with Crippen molar-refractivity contribution in [2.75, 3.05) is 6.54 Å². The first kappa shape index (κ1) is 14.3. The lowest BCUT2D eigenvalue weighted by atomic mass is 10.1. The Morgan fingerprint density at radius 2 is 2.16 bits per heavy atom. The van der Waals surface area contributed by atoms with Gasteiger partial charge >= 0.3 is 0 Å². The second kappa shape index (κ2) is 6.37. The number of hydrogen-bond acceptors (Lipinski definition) is 4. The molecule has 0 saturated carbocycles. The highest BCUT2D eigenvalue weighted by atomic mass is 35.5. The minimum Gasteiger partial charge on any atom is -0.339 e. The van der Waals surface area contributed by atoms with Crippen LogP contribution < -0.4 is 5.73 Å². The predicted octanol–water partition coefficient (Wildman–Crippen LogP) is 3.10. The molecule has 19 heavy (non-hydrogen) atoms. The molecule has 0 fully saturated rings. The monoisotopic (exact) mass is 299 g/mol. The van der Waals surface area contributed by atoms with Crippen molar-refractivity contribution in [1.29, 1.82) is 0 Å². The van der Waals surface area contributed by atoms with E-state index in [1.54, 1.807) is 12.1 Å². The summed E-state index contributed by atoms with van der Waals surface area (Å²) in [4.78, 5) is 4.33. The van der Waals surface area contributed by atoms with Crippen LogP contribution in [0.3, 0.4) is 0 Å². The molecule has 4 nitrogen and oxygen atoms in total.